The van der Waals surface area contributed by atoms with Crippen molar-refractivity contribution in [1.82, 2.24) is 10.3 Å². The maximum atomic E-state index is 5.39. The molecule has 0 aromatic carbocycles. The molecule has 16 heavy (non-hydrogen) atoms. The van der Waals surface area contributed by atoms with E-state index in [0.29, 0.717) is 0 Å². The quantitative estimate of drug-likeness (QED) is 0.538. The van der Waals surface area contributed by atoms with Crippen molar-refractivity contribution >= 4 is 0 Å². The SMILES string of the molecule is C=CCCOCCNCc1cncc(C)c1. The topological polar surface area (TPSA) is 34.1 Å². The van der Waals surface area contributed by atoms with Gasteiger partial charge in [0.1, 0.15) is 0 Å². The smallest absolute Gasteiger partial charge is 0.0591 e. The van der Waals surface area contributed by atoms with E-state index in [4.69, 9.17) is 4.74 Å². The van der Waals surface area contributed by atoms with Gasteiger partial charge in [-0.1, -0.05) is 12.1 Å². The molecule has 1 N–H and O–H groups in total. The van der Waals surface area contributed by atoms with Crippen LogP contribution in [0, 0.1) is 6.92 Å². The van der Waals surface area contributed by atoms with Crippen molar-refractivity contribution in [2.24, 2.45) is 0 Å². The molecule has 0 aliphatic rings. The Hall–Kier alpha value is -1.19. The molecule has 0 saturated carbocycles. The second-order valence-electron chi connectivity index (χ2n) is 3.74. The van der Waals surface area contributed by atoms with Crippen LogP contribution >= 0.6 is 0 Å². The highest BCUT2D eigenvalue weighted by Crippen LogP contribution is 1.99. The molecule has 0 atom stereocenters. The van der Waals surface area contributed by atoms with Crippen LogP contribution in [0.2, 0.25) is 0 Å². The lowest BCUT2D eigenvalue weighted by atomic mass is 10.2. The molecular formula is C13H20N2O. The fourth-order valence-corrected chi connectivity index (χ4v) is 1.36. The van der Waals surface area contributed by atoms with E-state index in [1.165, 1.54) is 11.1 Å². The minimum absolute atomic E-state index is 0.743. The Morgan fingerprint density at radius 3 is 3.06 bits per heavy atom. The maximum absolute atomic E-state index is 5.39. The third-order valence-corrected chi connectivity index (χ3v) is 2.15. The van der Waals surface area contributed by atoms with Crippen molar-refractivity contribution in [3.05, 3.63) is 42.2 Å². The van der Waals surface area contributed by atoms with E-state index in [-0.39, 0.29) is 0 Å². The number of aromatic nitrogens is 1. The largest absolute Gasteiger partial charge is 0.380 e. The van der Waals surface area contributed by atoms with Crippen LogP contribution in [-0.4, -0.2) is 24.7 Å². The first-order valence-corrected chi connectivity index (χ1v) is 5.63. The summed E-state index contributed by atoms with van der Waals surface area (Å²) in [4.78, 5) is 4.14. The highest BCUT2D eigenvalue weighted by Gasteiger charge is 1.93. The number of pyridine rings is 1. The Morgan fingerprint density at radius 1 is 1.44 bits per heavy atom. The summed E-state index contributed by atoms with van der Waals surface area (Å²) in [6.07, 6.45) is 6.54. The van der Waals surface area contributed by atoms with Crippen LogP contribution in [-0.2, 0) is 11.3 Å². The Kier molecular flexibility index (Phi) is 6.45. The lowest BCUT2D eigenvalue weighted by Gasteiger charge is -2.05. The van der Waals surface area contributed by atoms with Crippen LogP contribution in [0.25, 0.3) is 0 Å². The van der Waals surface area contributed by atoms with Crippen LogP contribution in [0.3, 0.4) is 0 Å². The van der Waals surface area contributed by atoms with Gasteiger partial charge in [0.25, 0.3) is 0 Å². The lowest BCUT2D eigenvalue weighted by Crippen LogP contribution is -2.19. The maximum Gasteiger partial charge on any atom is 0.0591 e. The van der Waals surface area contributed by atoms with Crippen molar-refractivity contribution in [1.29, 1.82) is 0 Å². The van der Waals surface area contributed by atoms with Crippen LogP contribution in [0.1, 0.15) is 17.5 Å². The summed E-state index contributed by atoms with van der Waals surface area (Å²) in [5.41, 5.74) is 2.41. The van der Waals surface area contributed by atoms with Gasteiger partial charge in [-0.2, -0.15) is 0 Å². The normalized spacial score (nSPS) is 10.3. The molecule has 3 heteroatoms. The number of hydrogen-bond donors (Lipinski definition) is 1. The summed E-state index contributed by atoms with van der Waals surface area (Å²) in [6, 6.07) is 2.14. The summed E-state index contributed by atoms with van der Waals surface area (Å²) in [6.45, 7) is 8.91. The molecule has 1 heterocycles. The van der Waals surface area contributed by atoms with Crippen LogP contribution in [0.5, 0.6) is 0 Å². The van der Waals surface area contributed by atoms with Gasteiger partial charge in [-0.3, -0.25) is 4.98 Å². The van der Waals surface area contributed by atoms with E-state index >= 15 is 0 Å². The Morgan fingerprint density at radius 2 is 2.31 bits per heavy atom. The first-order valence-electron chi connectivity index (χ1n) is 5.63. The van der Waals surface area contributed by atoms with Crippen molar-refractivity contribution in [3.63, 3.8) is 0 Å². The predicted octanol–water partition coefficient (Wildman–Crippen LogP) is 2.07. The molecule has 0 radical (unpaired) electrons. The standard InChI is InChI=1S/C13H20N2O/c1-3-4-6-16-7-5-14-10-13-8-12(2)9-15-11-13/h3,8-9,11,14H,1,4-7,10H2,2H3. The molecule has 0 saturated heterocycles. The number of aryl methyl sites for hydroxylation is 1. The molecule has 3 nitrogen and oxygen atoms in total. The Bertz CT molecular complexity index is 313. The van der Waals surface area contributed by atoms with E-state index in [0.717, 1.165) is 32.7 Å². The minimum Gasteiger partial charge on any atom is -0.380 e. The van der Waals surface area contributed by atoms with Crippen LogP contribution in [0.4, 0.5) is 0 Å². The van der Waals surface area contributed by atoms with Gasteiger partial charge < -0.3 is 10.1 Å². The molecule has 0 unspecified atom stereocenters. The second-order valence-corrected chi connectivity index (χ2v) is 3.74. The molecule has 0 fully saturated rings. The molecule has 1 rings (SSSR count). The van der Waals surface area contributed by atoms with E-state index in [2.05, 4.69) is 29.9 Å². The third kappa shape index (κ3) is 5.63. The first-order chi connectivity index (χ1) is 7.83. The molecular weight excluding hydrogens is 200 g/mol. The van der Waals surface area contributed by atoms with Crippen molar-refractivity contribution in [2.75, 3.05) is 19.8 Å². The summed E-state index contributed by atoms with van der Waals surface area (Å²) in [5, 5.41) is 3.31. The first kappa shape index (κ1) is 12.9. The van der Waals surface area contributed by atoms with Crippen molar-refractivity contribution < 1.29 is 4.74 Å². The Balaban J connectivity index is 2.05. The monoisotopic (exact) mass is 220 g/mol. The fraction of sp³-hybridized carbons (Fsp3) is 0.462. The van der Waals surface area contributed by atoms with E-state index < -0.39 is 0 Å². The molecule has 1 aromatic heterocycles. The fourth-order valence-electron chi connectivity index (χ4n) is 1.36. The number of ether oxygens (including phenoxy) is 1. The lowest BCUT2D eigenvalue weighted by molar-refractivity contribution is 0.140. The number of nitrogens with zero attached hydrogens (tertiary/aromatic N) is 1. The van der Waals surface area contributed by atoms with Gasteiger partial charge in [0.15, 0.2) is 0 Å². The van der Waals surface area contributed by atoms with Crippen molar-refractivity contribution in [2.45, 2.75) is 19.9 Å². The minimum atomic E-state index is 0.743. The summed E-state index contributed by atoms with van der Waals surface area (Å²) in [5.74, 6) is 0. The van der Waals surface area contributed by atoms with Gasteiger partial charge in [-0.15, -0.1) is 6.58 Å². The average molecular weight is 220 g/mol. The van der Waals surface area contributed by atoms with E-state index in [1.54, 1.807) is 0 Å². The zero-order chi connectivity index (χ0) is 11.6. The van der Waals surface area contributed by atoms with Gasteiger partial charge in [0.05, 0.1) is 13.2 Å². The van der Waals surface area contributed by atoms with Crippen LogP contribution in [0.15, 0.2) is 31.1 Å². The van der Waals surface area contributed by atoms with E-state index in [9.17, 15) is 0 Å². The summed E-state index contributed by atoms with van der Waals surface area (Å²) >= 11 is 0. The zero-order valence-electron chi connectivity index (χ0n) is 9.91. The van der Waals surface area contributed by atoms with Gasteiger partial charge >= 0.3 is 0 Å². The van der Waals surface area contributed by atoms with E-state index in [1.807, 2.05) is 18.5 Å². The molecule has 0 spiro atoms. The van der Waals surface area contributed by atoms with Gasteiger partial charge in [-0.25, -0.2) is 0 Å². The molecule has 0 amide bonds. The van der Waals surface area contributed by atoms with Gasteiger partial charge in [0, 0.05) is 25.5 Å². The predicted molar refractivity (Wildman–Crippen MR) is 66.3 cm³/mol. The summed E-state index contributed by atoms with van der Waals surface area (Å²) in [7, 11) is 0. The van der Waals surface area contributed by atoms with Gasteiger partial charge in [0.2, 0.25) is 0 Å². The molecule has 0 aliphatic carbocycles. The molecule has 88 valence electrons. The summed E-state index contributed by atoms with van der Waals surface area (Å²) < 4.78 is 5.39. The van der Waals surface area contributed by atoms with Crippen molar-refractivity contribution in [3.8, 4) is 0 Å². The second kappa shape index (κ2) is 8.02. The Labute approximate surface area is 97.5 Å². The van der Waals surface area contributed by atoms with Crippen LogP contribution < -0.4 is 5.32 Å². The highest BCUT2D eigenvalue weighted by molar-refractivity contribution is 5.16. The molecule has 0 bridgehead atoms. The zero-order valence-corrected chi connectivity index (χ0v) is 9.91. The highest BCUT2D eigenvalue weighted by atomic mass is 16.5. The number of hydrogen-bond acceptors (Lipinski definition) is 3. The average Bonchev–Trinajstić information content (AvgIpc) is 2.28. The third-order valence-electron chi connectivity index (χ3n) is 2.15. The molecule has 1 aromatic rings. The molecule has 0 aliphatic heterocycles. The number of rotatable bonds is 8. The number of nitrogens with one attached hydrogen (secondary N) is 1. The van der Waals surface area contributed by atoms with Gasteiger partial charge in [-0.05, 0) is 24.5 Å².